The van der Waals surface area contributed by atoms with E-state index in [9.17, 15) is 9.59 Å². The minimum absolute atomic E-state index is 0.247. The summed E-state index contributed by atoms with van der Waals surface area (Å²) in [6.45, 7) is 9.32. The standard InChI is InChI=1S/C28H43N3O4/c1-3-5-13-29(14-6-4-2)28(33)20-31-19-23(22-10-11-25-26(18-22)35-21-34-25)17-24(31)12-16-30-15-8-7-9-27(30)32/h10-11,18,23-24H,3-9,12-17,19-21H2,1-2H3/t23-,24+/m1/s1. The fourth-order valence-corrected chi connectivity index (χ4v) is 5.62. The van der Waals surface area contributed by atoms with E-state index in [1.54, 1.807) is 0 Å². The Morgan fingerprint density at radius 1 is 1.09 bits per heavy atom. The number of rotatable bonds is 12. The molecule has 3 aliphatic heterocycles. The van der Waals surface area contributed by atoms with Gasteiger partial charge in [0.05, 0.1) is 6.54 Å². The molecular formula is C28H43N3O4. The lowest BCUT2D eigenvalue weighted by Crippen LogP contribution is -2.44. The van der Waals surface area contributed by atoms with E-state index in [-0.39, 0.29) is 18.6 Å². The molecule has 2 saturated heterocycles. The fraction of sp³-hybridized carbons (Fsp3) is 0.714. The van der Waals surface area contributed by atoms with Crippen molar-refractivity contribution < 1.29 is 19.1 Å². The first-order valence-corrected chi connectivity index (χ1v) is 13.8. The second-order valence-electron chi connectivity index (χ2n) is 10.3. The molecule has 2 atom stereocenters. The third-order valence-corrected chi connectivity index (χ3v) is 7.80. The Balaban J connectivity index is 1.44. The van der Waals surface area contributed by atoms with Gasteiger partial charge in [0.1, 0.15) is 0 Å². The molecule has 3 heterocycles. The minimum atomic E-state index is 0.247. The third kappa shape index (κ3) is 6.69. The van der Waals surface area contributed by atoms with Gasteiger partial charge in [0.15, 0.2) is 11.5 Å². The van der Waals surface area contributed by atoms with Gasteiger partial charge in [-0.25, -0.2) is 0 Å². The van der Waals surface area contributed by atoms with Crippen molar-refractivity contribution in [2.24, 2.45) is 0 Å². The van der Waals surface area contributed by atoms with Gasteiger partial charge in [0.25, 0.3) is 0 Å². The van der Waals surface area contributed by atoms with Crippen molar-refractivity contribution in [3.63, 3.8) is 0 Å². The summed E-state index contributed by atoms with van der Waals surface area (Å²) in [4.78, 5) is 32.3. The summed E-state index contributed by atoms with van der Waals surface area (Å²) in [5, 5.41) is 0. The van der Waals surface area contributed by atoms with Crippen LogP contribution in [0.3, 0.4) is 0 Å². The summed E-state index contributed by atoms with van der Waals surface area (Å²) in [7, 11) is 0. The summed E-state index contributed by atoms with van der Waals surface area (Å²) >= 11 is 0. The van der Waals surface area contributed by atoms with Gasteiger partial charge in [0, 0.05) is 45.2 Å². The van der Waals surface area contributed by atoms with Crippen LogP contribution >= 0.6 is 0 Å². The average Bonchev–Trinajstić information content (AvgIpc) is 3.50. The first-order valence-electron chi connectivity index (χ1n) is 13.8. The zero-order valence-electron chi connectivity index (χ0n) is 21.7. The summed E-state index contributed by atoms with van der Waals surface area (Å²) < 4.78 is 11.1. The van der Waals surface area contributed by atoms with Crippen molar-refractivity contribution in [2.75, 3.05) is 46.1 Å². The summed E-state index contributed by atoms with van der Waals surface area (Å²) in [6.07, 6.45) is 9.00. The van der Waals surface area contributed by atoms with Crippen LogP contribution in [0.15, 0.2) is 18.2 Å². The van der Waals surface area contributed by atoms with Crippen molar-refractivity contribution in [1.82, 2.24) is 14.7 Å². The van der Waals surface area contributed by atoms with Crippen molar-refractivity contribution in [3.05, 3.63) is 23.8 Å². The number of likely N-dealkylation sites (tertiary alicyclic amines) is 2. The van der Waals surface area contributed by atoms with E-state index in [1.807, 2.05) is 11.0 Å². The molecule has 0 spiro atoms. The number of benzene rings is 1. The molecule has 0 unspecified atom stereocenters. The molecular weight excluding hydrogens is 442 g/mol. The monoisotopic (exact) mass is 485 g/mol. The summed E-state index contributed by atoms with van der Waals surface area (Å²) in [6, 6.07) is 6.55. The van der Waals surface area contributed by atoms with Gasteiger partial charge in [-0.15, -0.1) is 0 Å². The van der Waals surface area contributed by atoms with E-state index < -0.39 is 0 Å². The maximum absolute atomic E-state index is 13.4. The molecule has 35 heavy (non-hydrogen) atoms. The number of carbonyl (C=O) groups excluding carboxylic acids is 2. The van der Waals surface area contributed by atoms with Gasteiger partial charge in [-0.1, -0.05) is 32.8 Å². The normalized spacial score (nSPS) is 22.1. The highest BCUT2D eigenvalue weighted by molar-refractivity contribution is 5.78. The van der Waals surface area contributed by atoms with Gasteiger partial charge in [-0.2, -0.15) is 0 Å². The second kappa shape index (κ2) is 12.6. The second-order valence-corrected chi connectivity index (χ2v) is 10.3. The highest BCUT2D eigenvalue weighted by Gasteiger charge is 2.35. The van der Waals surface area contributed by atoms with Crippen LogP contribution in [0.1, 0.15) is 83.1 Å². The number of carbonyl (C=O) groups is 2. The predicted octanol–water partition coefficient (Wildman–Crippen LogP) is 4.40. The van der Waals surface area contributed by atoms with E-state index in [4.69, 9.17) is 9.47 Å². The Morgan fingerprint density at radius 2 is 1.86 bits per heavy atom. The zero-order chi connectivity index (χ0) is 24.6. The van der Waals surface area contributed by atoms with Crippen molar-refractivity contribution >= 4 is 11.8 Å². The van der Waals surface area contributed by atoms with E-state index in [1.165, 1.54) is 5.56 Å². The molecule has 0 aliphatic carbocycles. The number of ether oxygens (including phenoxy) is 2. The van der Waals surface area contributed by atoms with Gasteiger partial charge in [-0.05, 0) is 62.1 Å². The maximum Gasteiger partial charge on any atom is 0.236 e. The highest BCUT2D eigenvalue weighted by Crippen LogP contribution is 2.39. The SMILES string of the molecule is CCCCN(CCCC)C(=O)CN1C[C@H](c2ccc3c(c2)OCO3)C[C@@H]1CCN1CCCCC1=O. The molecule has 4 rings (SSSR count). The third-order valence-electron chi connectivity index (χ3n) is 7.80. The summed E-state index contributed by atoms with van der Waals surface area (Å²) in [5.74, 6) is 2.50. The molecule has 2 fully saturated rings. The van der Waals surface area contributed by atoms with E-state index in [2.05, 4.69) is 35.8 Å². The van der Waals surface area contributed by atoms with E-state index in [0.717, 1.165) is 95.6 Å². The topological polar surface area (TPSA) is 62.3 Å². The maximum atomic E-state index is 13.4. The Morgan fingerprint density at radius 3 is 2.60 bits per heavy atom. The number of nitrogens with zero attached hydrogens (tertiary/aromatic N) is 3. The molecule has 1 aromatic rings. The van der Waals surface area contributed by atoms with Crippen molar-refractivity contribution in [3.8, 4) is 11.5 Å². The fourth-order valence-electron chi connectivity index (χ4n) is 5.62. The first kappa shape index (κ1) is 25.8. The number of amides is 2. The predicted molar refractivity (Wildman–Crippen MR) is 137 cm³/mol. The van der Waals surface area contributed by atoms with Crippen LogP contribution in [0.2, 0.25) is 0 Å². The Kier molecular flexibility index (Phi) is 9.30. The zero-order valence-corrected chi connectivity index (χ0v) is 21.7. The number of piperidine rings is 1. The lowest BCUT2D eigenvalue weighted by molar-refractivity contribution is -0.134. The van der Waals surface area contributed by atoms with Crippen LogP contribution in [0.4, 0.5) is 0 Å². The number of fused-ring (bicyclic) bond motifs is 1. The Hall–Kier alpha value is -2.28. The van der Waals surface area contributed by atoms with Crippen LogP contribution in [0.25, 0.3) is 0 Å². The molecule has 0 bridgehead atoms. The largest absolute Gasteiger partial charge is 0.454 e. The van der Waals surface area contributed by atoms with Gasteiger partial charge >= 0.3 is 0 Å². The molecule has 3 aliphatic rings. The number of hydrogen-bond donors (Lipinski definition) is 0. The Bertz CT molecular complexity index is 853. The molecule has 7 heteroatoms. The molecule has 7 nitrogen and oxygen atoms in total. The van der Waals surface area contributed by atoms with Crippen LogP contribution in [-0.2, 0) is 9.59 Å². The number of hydrogen-bond acceptors (Lipinski definition) is 5. The van der Waals surface area contributed by atoms with Crippen LogP contribution in [0, 0.1) is 0 Å². The van der Waals surface area contributed by atoms with Gasteiger partial charge < -0.3 is 19.3 Å². The minimum Gasteiger partial charge on any atom is -0.454 e. The highest BCUT2D eigenvalue weighted by atomic mass is 16.7. The molecule has 0 aromatic heterocycles. The number of unbranched alkanes of at least 4 members (excludes halogenated alkanes) is 2. The Labute approximate surface area is 210 Å². The molecule has 2 amide bonds. The molecule has 1 aromatic carbocycles. The quantitative estimate of drug-likeness (QED) is 0.439. The van der Waals surface area contributed by atoms with Crippen molar-refractivity contribution in [2.45, 2.75) is 83.6 Å². The molecule has 0 saturated carbocycles. The van der Waals surface area contributed by atoms with Crippen LogP contribution in [-0.4, -0.2) is 78.6 Å². The molecule has 0 N–H and O–H groups in total. The van der Waals surface area contributed by atoms with Crippen LogP contribution < -0.4 is 9.47 Å². The lowest BCUT2D eigenvalue weighted by Gasteiger charge is -2.31. The first-order chi connectivity index (χ1) is 17.1. The van der Waals surface area contributed by atoms with Gasteiger partial charge in [-0.3, -0.25) is 14.5 Å². The smallest absolute Gasteiger partial charge is 0.236 e. The van der Waals surface area contributed by atoms with Crippen molar-refractivity contribution in [1.29, 1.82) is 0 Å². The lowest BCUT2D eigenvalue weighted by atomic mass is 9.95. The molecule has 0 radical (unpaired) electrons. The van der Waals surface area contributed by atoms with Gasteiger partial charge in [0.2, 0.25) is 18.6 Å². The van der Waals surface area contributed by atoms with E-state index >= 15 is 0 Å². The molecule has 194 valence electrons. The van der Waals surface area contributed by atoms with Crippen LogP contribution in [0.5, 0.6) is 11.5 Å². The van der Waals surface area contributed by atoms with E-state index in [0.29, 0.717) is 24.9 Å². The summed E-state index contributed by atoms with van der Waals surface area (Å²) in [5.41, 5.74) is 1.25. The average molecular weight is 486 g/mol.